The van der Waals surface area contributed by atoms with E-state index in [-0.39, 0.29) is 17.7 Å². The second-order valence-electron chi connectivity index (χ2n) is 3.90. The Balaban J connectivity index is 2.75. The predicted molar refractivity (Wildman–Crippen MR) is 60.7 cm³/mol. The van der Waals surface area contributed by atoms with Gasteiger partial charge in [-0.2, -0.15) is 0 Å². The number of ether oxygens (including phenoxy) is 1. The van der Waals surface area contributed by atoms with Gasteiger partial charge in [0, 0.05) is 5.69 Å². The van der Waals surface area contributed by atoms with Gasteiger partial charge in [0.2, 0.25) is 0 Å². The Hall–Kier alpha value is -1.58. The number of carbonyl (C=O) groups is 1. The molecule has 1 aromatic carbocycles. The number of benzene rings is 1. The van der Waals surface area contributed by atoms with E-state index in [4.69, 9.17) is 4.74 Å². The van der Waals surface area contributed by atoms with Crippen molar-refractivity contribution in [2.45, 2.75) is 19.9 Å². The van der Waals surface area contributed by atoms with Gasteiger partial charge in [-0.15, -0.1) is 0 Å². The molecular weight excluding hydrogens is 209 g/mol. The van der Waals surface area contributed by atoms with Crippen molar-refractivity contribution in [1.82, 2.24) is 0 Å². The first kappa shape index (κ1) is 12.5. The number of hydrogen-bond donors (Lipinski definition) is 1. The number of rotatable bonds is 4. The second kappa shape index (κ2) is 5.49. The zero-order valence-electron chi connectivity index (χ0n) is 9.66. The number of carbonyl (C=O) groups excluding carboxylic acids is 1. The molecule has 0 radical (unpaired) electrons. The summed E-state index contributed by atoms with van der Waals surface area (Å²) < 4.78 is 17.4. The summed E-state index contributed by atoms with van der Waals surface area (Å²) in [5, 5.41) is 3.02. The Bertz CT molecular complexity index is 349. The fourth-order valence-electron chi connectivity index (χ4n) is 1.35. The zero-order chi connectivity index (χ0) is 12.1. The molecule has 88 valence electrons. The highest BCUT2D eigenvalue weighted by molar-refractivity contribution is 5.79. The van der Waals surface area contributed by atoms with Crippen molar-refractivity contribution in [3.63, 3.8) is 0 Å². The van der Waals surface area contributed by atoms with E-state index in [2.05, 4.69) is 5.32 Å². The van der Waals surface area contributed by atoms with Crippen LogP contribution in [0, 0.1) is 11.7 Å². The van der Waals surface area contributed by atoms with Crippen LogP contribution in [0.3, 0.4) is 0 Å². The molecule has 0 bridgehead atoms. The maximum absolute atomic E-state index is 12.7. The molecular formula is C12H16FNO2. The van der Waals surface area contributed by atoms with Crippen LogP contribution in [0.1, 0.15) is 13.8 Å². The average molecular weight is 225 g/mol. The van der Waals surface area contributed by atoms with E-state index >= 15 is 0 Å². The third-order valence-corrected chi connectivity index (χ3v) is 2.29. The Morgan fingerprint density at radius 2 is 1.88 bits per heavy atom. The van der Waals surface area contributed by atoms with E-state index in [9.17, 15) is 9.18 Å². The standard InChI is InChI=1S/C12H16FNO2/c1-8(2)11(12(15)16-3)14-10-6-4-9(13)5-7-10/h4-8,11,14H,1-3H3. The summed E-state index contributed by atoms with van der Waals surface area (Å²) >= 11 is 0. The maximum Gasteiger partial charge on any atom is 0.328 e. The van der Waals surface area contributed by atoms with E-state index in [1.165, 1.54) is 19.2 Å². The molecule has 0 aromatic heterocycles. The summed E-state index contributed by atoms with van der Waals surface area (Å²) in [6.07, 6.45) is 0. The summed E-state index contributed by atoms with van der Waals surface area (Å²) in [5.41, 5.74) is 0.700. The van der Waals surface area contributed by atoms with E-state index in [0.29, 0.717) is 5.69 Å². The zero-order valence-corrected chi connectivity index (χ0v) is 9.66. The quantitative estimate of drug-likeness (QED) is 0.800. The molecule has 0 saturated heterocycles. The van der Waals surface area contributed by atoms with Gasteiger partial charge in [-0.25, -0.2) is 9.18 Å². The van der Waals surface area contributed by atoms with Crippen LogP contribution in [0.25, 0.3) is 0 Å². The van der Waals surface area contributed by atoms with Crippen LogP contribution >= 0.6 is 0 Å². The average Bonchev–Trinajstić information content (AvgIpc) is 2.27. The second-order valence-corrected chi connectivity index (χ2v) is 3.90. The molecule has 0 aliphatic rings. The molecule has 1 rings (SSSR count). The predicted octanol–water partition coefficient (Wildman–Crippen LogP) is 2.44. The first-order valence-electron chi connectivity index (χ1n) is 5.14. The number of halogens is 1. The normalized spacial score (nSPS) is 12.3. The van der Waals surface area contributed by atoms with Gasteiger partial charge < -0.3 is 10.1 Å². The molecule has 3 nitrogen and oxygen atoms in total. The third-order valence-electron chi connectivity index (χ3n) is 2.29. The number of esters is 1. The topological polar surface area (TPSA) is 38.3 Å². The van der Waals surface area contributed by atoms with Gasteiger partial charge >= 0.3 is 5.97 Å². The van der Waals surface area contributed by atoms with Crippen molar-refractivity contribution < 1.29 is 13.9 Å². The van der Waals surface area contributed by atoms with Gasteiger partial charge in [-0.05, 0) is 30.2 Å². The Kier molecular flexibility index (Phi) is 4.28. The van der Waals surface area contributed by atoms with Crippen molar-refractivity contribution in [3.8, 4) is 0 Å². The molecule has 0 amide bonds. The summed E-state index contributed by atoms with van der Waals surface area (Å²) in [7, 11) is 1.35. The molecule has 1 atom stereocenters. The van der Waals surface area contributed by atoms with Crippen LogP contribution in [0.4, 0.5) is 10.1 Å². The molecule has 1 aromatic rings. The minimum Gasteiger partial charge on any atom is -0.467 e. The molecule has 16 heavy (non-hydrogen) atoms. The molecule has 0 saturated carbocycles. The fraction of sp³-hybridized carbons (Fsp3) is 0.417. The van der Waals surface area contributed by atoms with Crippen LogP contribution in [-0.4, -0.2) is 19.1 Å². The first-order valence-corrected chi connectivity index (χ1v) is 5.14. The monoisotopic (exact) mass is 225 g/mol. The summed E-state index contributed by atoms with van der Waals surface area (Å²) in [6.45, 7) is 3.83. The van der Waals surface area contributed by atoms with E-state index in [1.54, 1.807) is 12.1 Å². The fourth-order valence-corrected chi connectivity index (χ4v) is 1.35. The summed E-state index contributed by atoms with van der Waals surface area (Å²) in [6, 6.07) is 5.45. The Morgan fingerprint density at radius 3 is 2.31 bits per heavy atom. The number of hydrogen-bond acceptors (Lipinski definition) is 3. The van der Waals surface area contributed by atoms with Crippen molar-refractivity contribution in [2.24, 2.45) is 5.92 Å². The highest BCUT2D eigenvalue weighted by Gasteiger charge is 2.22. The molecule has 0 heterocycles. The smallest absolute Gasteiger partial charge is 0.328 e. The van der Waals surface area contributed by atoms with Crippen LogP contribution in [0.15, 0.2) is 24.3 Å². The SMILES string of the molecule is COC(=O)C(Nc1ccc(F)cc1)C(C)C. The van der Waals surface area contributed by atoms with E-state index < -0.39 is 6.04 Å². The molecule has 4 heteroatoms. The number of nitrogens with one attached hydrogen (secondary N) is 1. The highest BCUT2D eigenvalue weighted by Crippen LogP contribution is 2.14. The lowest BCUT2D eigenvalue weighted by atomic mass is 10.0. The highest BCUT2D eigenvalue weighted by atomic mass is 19.1. The van der Waals surface area contributed by atoms with Gasteiger partial charge in [0.15, 0.2) is 0 Å². The lowest BCUT2D eigenvalue weighted by Crippen LogP contribution is -2.35. The van der Waals surface area contributed by atoms with Crippen molar-refractivity contribution in [1.29, 1.82) is 0 Å². The van der Waals surface area contributed by atoms with Gasteiger partial charge in [0.25, 0.3) is 0 Å². The molecule has 0 aliphatic carbocycles. The van der Waals surface area contributed by atoms with Crippen LogP contribution in [0.5, 0.6) is 0 Å². The van der Waals surface area contributed by atoms with Crippen LogP contribution < -0.4 is 5.32 Å². The lowest BCUT2D eigenvalue weighted by Gasteiger charge is -2.20. The van der Waals surface area contributed by atoms with E-state index in [1.807, 2.05) is 13.8 Å². The molecule has 0 aliphatic heterocycles. The van der Waals surface area contributed by atoms with Gasteiger partial charge in [-0.3, -0.25) is 0 Å². The van der Waals surface area contributed by atoms with Gasteiger partial charge in [0.1, 0.15) is 11.9 Å². The van der Waals surface area contributed by atoms with E-state index in [0.717, 1.165) is 0 Å². The molecule has 1 unspecified atom stereocenters. The largest absolute Gasteiger partial charge is 0.467 e. The van der Waals surface area contributed by atoms with Crippen molar-refractivity contribution >= 4 is 11.7 Å². The Morgan fingerprint density at radius 1 is 1.31 bits per heavy atom. The lowest BCUT2D eigenvalue weighted by molar-refractivity contribution is -0.142. The third kappa shape index (κ3) is 3.22. The van der Waals surface area contributed by atoms with Crippen molar-refractivity contribution in [3.05, 3.63) is 30.1 Å². The van der Waals surface area contributed by atoms with Crippen LogP contribution in [-0.2, 0) is 9.53 Å². The van der Waals surface area contributed by atoms with Crippen molar-refractivity contribution in [2.75, 3.05) is 12.4 Å². The summed E-state index contributed by atoms with van der Waals surface area (Å²) in [5.74, 6) is -0.526. The Labute approximate surface area is 94.6 Å². The summed E-state index contributed by atoms with van der Waals surface area (Å²) in [4.78, 5) is 11.5. The minimum atomic E-state index is -0.421. The van der Waals surface area contributed by atoms with Gasteiger partial charge in [0.05, 0.1) is 7.11 Å². The van der Waals surface area contributed by atoms with Crippen LogP contribution in [0.2, 0.25) is 0 Å². The maximum atomic E-state index is 12.7. The molecule has 0 spiro atoms. The van der Waals surface area contributed by atoms with Gasteiger partial charge in [-0.1, -0.05) is 13.8 Å². The molecule has 0 fully saturated rings. The number of anilines is 1. The number of methoxy groups -OCH3 is 1. The minimum absolute atomic E-state index is 0.0949. The molecule has 1 N–H and O–H groups in total. The first-order chi connectivity index (χ1) is 7.54.